The van der Waals surface area contributed by atoms with Crippen molar-refractivity contribution in [3.05, 3.63) is 34.3 Å². The predicted molar refractivity (Wildman–Crippen MR) is 128 cm³/mol. The molecule has 7 nitrogen and oxygen atoms in total. The van der Waals surface area contributed by atoms with Crippen molar-refractivity contribution in [2.24, 2.45) is 10.4 Å². The first-order chi connectivity index (χ1) is 12.7. The summed E-state index contributed by atoms with van der Waals surface area (Å²) < 4.78 is 1.01. The molecule has 0 unspecified atom stereocenters. The second-order valence-electron chi connectivity index (χ2n) is 7.03. The smallest absolute Gasteiger partial charge is 0.241 e. The monoisotopic (exact) mass is 567 g/mol. The summed E-state index contributed by atoms with van der Waals surface area (Å²) in [6.45, 7) is 7.18. The maximum absolute atomic E-state index is 12.2. The third-order valence-corrected chi connectivity index (χ3v) is 4.42. The van der Waals surface area contributed by atoms with Gasteiger partial charge in [-0.2, -0.15) is 0 Å². The van der Waals surface area contributed by atoms with Crippen LogP contribution in [0.25, 0.3) is 0 Å². The SMILES string of the molecule is CCNC(=O)C(C)(C)CNC(=NCc1ccc(Br)cc1)NCC(=O)N(C)C.I. The van der Waals surface area contributed by atoms with Gasteiger partial charge in [0.05, 0.1) is 18.5 Å². The molecule has 1 aromatic rings. The summed E-state index contributed by atoms with van der Waals surface area (Å²) >= 11 is 3.41. The van der Waals surface area contributed by atoms with Gasteiger partial charge in [-0.3, -0.25) is 9.59 Å². The number of nitrogens with one attached hydrogen (secondary N) is 3. The molecule has 0 fully saturated rings. The minimum absolute atomic E-state index is 0. The van der Waals surface area contributed by atoms with Gasteiger partial charge < -0.3 is 20.9 Å². The first-order valence-electron chi connectivity index (χ1n) is 8.90. The summed E-state index contributed by atoms with van der Waals surface area (Å²) in [7, 11) is 3.41. The number of aliphatic imine (C=N–C) groups is 1. The number of hydrogen-bond acceptors (Lipinski definition) is 3. The first-order valence-corrected chi connectivity index (χ1v) is 9.70. The molecule has 28 heavy (non-hydrogen) atoms. The number of benzene rings is 1. The van der Waals surface area contributed by atoms with E-state index in [1.807, 2.05) is 45.0 Å². The molecule has 3 N–H and O–H groups in total. The Morgan fingerprint density at radius 3 is 2.25 bits per heavy atom. The van der Waals surface area contributed by atoms with Gasteiger partial charge in [0.1, 0.15) is 0 Å². The van der Waals surface area contributed by atoms with Crippen LogP contribution in [0.15, 0.2) is 33.7 Å². The van der Waals surface area contributed by atoms with Gasteiger partial charge in [-0.05, 0) is 38.5 Å². The van der Waals surface area contributed by atoms with Crippen LogP contribution in [-0.4, -0.2) is 56.4 Å². The molecule has 0 saturated heterocycles. The highest BCUT2D eigenvalue weighted by Crippen LogP contribution is 2.14. The molecule has 0 bridgehead atoms. The van der Waals surface area contributed by atoms with Crippen LogP contribution in [-0.2, 0) is 16.1 Å². The minimum Gasteiger partial charge on any atom is -0.356 e. The van der Waals surface area contributed by atoms with Gasteiger partial charge in [0.25, 0.3) is 0 Å². The van der Waals surface area contributed by atoms with Crippen molar-refractivity contribution in [3.63, 3.8) is 0 Å². The normalized spacial score (nSPS) is 11.3. The molecule has 0 saturated carbocycles. The fourth-order valence-electron chi connectivity index (χ4n) is 2.04. The lowest BCUT2D eigenvalue weighted by atomic mass is 9.92. The second-order valence-corrected chi connectivity index (χ2v) is 7.95. The molecule has 2 amide bonds. The van der Waals surface area contributed by atoms with E-state index in [1.54, 1.807) is 14.1 Å². The Morgan fingerprint density at radius 1 is 1.11 bits per heavy atom. The van der Waals surface area contributed by atoms with E-state index in [0.29, 0.717) is 25.6 Å². The maximum atomic E-state index is 12.2. The molecule has 0 spiro atoms. The molecule has 0 radical (unpaired) electrons. The summed E-state index contributed by atoms with van der Waals surface area (Å²) in [6, 6.07) is 7.88. The fourth-order valence-corrected chi connectivity index (χ4v) is 2.30. The van der Waals surface area contributed by atoms with Crippen molar-refractivity contribution in [1.82, 2.24) is 20.9 Å². The molecular formula is C19H31BrIN5O2. The quantitative estimate of drug-likeness (QED) is 0.256. The van der Waals surface area contributed by atoms with Crippen molar-refractivity contribution < 1.29 is 9.59 Å². The van der Waals surface area contributed by atoms with Crippen LogP contribution >= 0.6 is 39.9 Å². The number of hydrogen-bond donors (Lipinski definition) is 3. The summed E-state index contributed by atoms with van der Waals surface area (Å²) in [6.07, 6.45) is 0. The number of halogens is 2. The Hall–Kier alpha value is -1.36. The Balaban J connectivity index is 0.00000729. The number of likely N-dealkylation sites (N-methyl/N-ethyl adjacent to an activating group) is 1. The largest absolute Gasteiger partial charge is 0.356 e. The van der Waals surface area contributed by atoms with Crippen LogP contribution in [0.4, 0.5) is 0 Å². The van der Waals surface area contributed by atoms with Crippen LogP contribution in [0, 0.1) is 5.41 Å². The lowest BCUT2D eigenvalue weighted by Gasteiger charge is -2.25. The number of nitrogens with zero attached hydrogens (tertiary/aromatic N) is 2. The molecule has 1 aromatic carbocycles. The summed E-state index contributed by atoms with van der Waals surface area (Å²) in [4.78, 5) is 30.1. The molecular weight excluding hydrogens is 537 g/mol. The number of carbonyl (C=O) groups is 2. The third-order valence-electron chi connectivity index (χ3n) is 3.89. The highest BCUT2D eigenvalue weighted by Gasteiger charge is 2.27. The summed E-state index contributed by atoms with van der Waals surface area (Å²) in [5.41, 5.74) is 0.433. The first kappa shape index (κ1) is 26.6. The van der Waals surface area contributed by atoms with E-state index < -0.39 is 5.41 Å². The third kappa shape index (κ3) is 9.72. The Bertz CT molecular complexity index is 663. The topological polar surface area (TPSA) is 85.8 Å². The average molecular weight is 568 g/mol. The van der Waals surface area contributed by atoms with Gasteiger partial charge in [0.2, 0.25) is 11.8 Å². The Morgan fingerprint density at radius 2 is 1.71 bits per heavy atom. The molecule has 1 rings (SSSR count). The van der Waals surface area contributed by atoms with Crippen molar-refractivity contribution in [3.8, 4) is 0 Å². The number of carbonyl (C=O) groups excluding carboxylic acids is 2. The Kier molecular flexibility index (Phi) is 12.3. The van der Waals surface area contributed by atoms with Crippen molar-refractivity contribution in [1.29, 1.82) is 0 Å². The molecule has 0 atom stereocenters. The number of rotatable bonds is 8. The molecule has 9 heteroatoms. The van der Waals surface area contributed by atoms with E-state index in [-0.39, 0.29) is 42.3 Å². The van der Waals surface area contributed by atoms with Gasteiger partial charge in [0, 0.05) is 31.7 Å². The molecule has 0 aliphatic carbocycles. The average Bonchev–Trinajstić information content (AvgIpc) is 2.62. The van der Waals surface area contributed by atoms with Crippen molar-refractivity contribution in [2.75, 3.05) is 33.7 Å². The standard InChI is InChI=1S/C19H30BrN5O2.HI/c1-6-21-17(27)19(2,3)13-24-18(23-12-16(26)25(4)5)22-11-14-7-9-15(20)10-8-14;/h7-10H,6,11-13H2,1-5H3,(H,21,27)(H2,22,23,24);1H. The highest BCUT2D eigenvalue weighted by molar-refractivity contribution is 14.0. The van der Waals surface area contributed by atoms with Gasteiger partial charge in [-0.1, -0.05) is 28.1 Å². The molecule has 158 valence electrons. The lowest BCUT2D eigenvalue weighted by Crippen LogP contribution is -2.49. The maximum Gasteiger partial charge on any atom is 0.241 e. The van der Waals surface area contributed by atoms with E-state index in [0.717, 1.165) is 10.0 Å². The zero-order valence-corrected chi connectivity index (χ0v) is 21.1. The number of guanidine groups is 1. The van der Waals surface area contributed by atoms with Crippen LogP contribution < -0.4 is 16.0 Å². The zero-order valence-electron chi connectivity index (χ0n) is 17.1. The highest BCUT2D eigenvalue weighted by atomic mass is 127. The summed E-state index contributed by atoms with van der Waals surface area (Å²) in [5, 5.41) is 9.04. The fraction of sp³-hybridized carbons (Fsp3) is 0.526. The van der Waals surface area contributed by atoms with E-state index in [1.165, 1.54) is 4.90 Å². The van der Waals surface area contributed by atoms with Crippen LogP contribution in [0.2, 0.25) is 0 Å². The van der Waals surface area contributed by atoms with Gasteiger partial charge in [-0.15, -0.1) is 24.0 Å². The summed E-state index contributed by atoms with van der Waals surface area (Å²) in [5.74, 6) is 0.399. The van der Waals surface area contributed by atoms with Crippen molar-refractivity contribution >= 4 is 57.7 Å². The van der Waals surface area contributed by atoms with Gasteiger partial charge in [0.15, 0.2) is 5.96 Å². The minimum atomic E-state index is -0.609. The molecule has 0 aromatic heterocycles. The lowest BCUT2D eigenvalue weighted by molar-refractivity contribution is -0.129. The molecule has 0 aliphatic heterocycles. The van der Waals surface area contributed by atoms with Crippen molar-refractivity contribution in [2.45, 2.75) is 27.3 Å². The van der Waals surface area contributed by atoms with E-state index in [4.69, 9.17) is 0 Å². The van der Waals surface area contributed by atoms with E-state index >= 15 is 0 Å². The van der Waals surface area contributed by atoms with Gasteiger partial charge >= 0.3 is 0 Å². The molecule has 0 heterocycles. The molecule has 0 aliphatic rings. The van der Waals surface area contributed by atoms with E-state index in [2.05, 4.69) is 36.9 Å². The van der Waals surface area contributed by atoms with Crippen LogP contribution in [0.1, 0.15) is 26.3 Å². The van der Waals surface area contributed by atoms with Crippen LogP contribution in [0.5, 0.6) is 0 Å². The zero-order chi connectivity index (χ0) is 20.4. The Labute approximate surface area is 193 Å². The second kappa shape index (κ2) is 13.0. The van der Waals surface area contributed by atoms with E-state index in [9.17, 15) is 9.59 Å². The number of amides is 2. The van der Waals surface area contributed by atoms with Gasteiger partial charge in [-0.25, -0.2) is 4.99 Å². The van der Waals surface area contributed by atoms with Crippen LogP contribution in [0.3, 0.4) is 0 Å². The predicted octanol–water partition coefficient (Wildman–Crippen LogP) is 2.35.